The van der Waals surface area contributed by atoms with Gasteiger partial charge in [-0.05, 0) is 59.0 Å². The first-order chi connectivity index (χ1) is 17.0. The second-order valence-corrected chi connectivity index (χ2v) is 9.45. The number of rotatable bonds is 7. The highest BCUT2D eigenvalue weighted by atomic mass is 32.2. The fraction of sp³-hybridized carbons (Fsp3) is 0.0769. The van der Waals surface area contributed by atoms with E-state index in [9.17, 15) is 28.2 Å². The van der Waals surface area contributed by atoms with E-state index in [-0.39, 0.29) is 46.1 Å². The van der Waals surface area contributed by atoms with Crippen LogP contribution in [0, 0.1) is 0 Å². The van der Waals surface area contributed by atoms with Crippen molar-refractivity contribution in [3.63, 3.8) is 0 Å². The summed E-state index contributed by atoms with van der Waals surface area (Å²) >= 11 is 0. The standard InChI is InChI=1S/C26H20O9S/c27-23-13-18-7-8-19(26(31)35-14-16-3-9-20(10-4-16)36(32,33)34)12-21(18)24(28)22(23)11-15-1-5-17(6-2-15)25(29)30/h1-10,12-13,27-28H,11,14H2,(H,29,30)(H,32,33,34). The van der Waals surface area contributed by atoms with Crippen molar-refractivity contribution in [3.05, 3.63) is 101 Å². The number of hydrogen-bond donors (Lipinski definition) is 4. The zero-order valence-corrected chi connectivity index (χ0v) is 19.4. The summed E-state index contributed by atoms with van der Waals surface area (Å²) in [4.78, 5) is 23.4. The third-order valence-electron chi connectivity index (χ3n) is 5.60. The number of esters is 1. The van der Waals surface area contributed by atoms with Crippen molar-refractivity contribution in [1.82, 2.24) is 0 Å². The first kappa shape index (κ1) is 24.7. The highest BCUT2D eigenvalue weighted by Crippen LogP contribution is 2.37. The molecule has 0 spiro atoms. The fourth-order valence-electron chi connectivity index (χ4n) is 3.67. The molecule has 36 heavy (non-hydrogen) atoms. The van der Waals surface area contributed by atoms with Crippen molar-refractivity contribution in [2.45, 2.75) is 17.9 Å². The van der Waals surface area contributed by atoms with Crippen LogP contribution in [-0.2, 0) is 27.9 Å². The van der Waals surface area contributed by atoms with E-state index in [1.54, 1.807) is 18.2 Å². The Balaban J connectivity index is 1.55. The molecule has 0 aliphatic heterocycles. The number of ether oxygens (including phenoxy) is 1. The second kappa shape index (κ2) is 9.68. The maximum absolute atomic E-state index is 12.6. The second-order valence-electron chi connectivity index (χ2n) is 8.03. The summed E-state index contributed by atoms with van der Waals surface area (Å²) in [7, 11) is -4.32. The Kier molecular flexibility index (Phi) is 6.65. The van der Waals surface area contributed by atoms with Gasteiger partial charge in [0, 0.05) is 17.4 Å². The molecule has 0 aromatic heterocycles. The van der Waals surface area contributed by atoms with Crippen molar-refractivity contribution in [2.24, 2.45) is 0 Å². The molecule has 0 fully saturated rings. The van der Waals surface area contributed by atoms with Gasteiger partial charge < -0.3 is 20.1 Å². The Labute approximate surface area is 205 Å². The van der Waals surface area contributed by atoms with Gasteiger partial charge >= 0.3 is 11.9 Å². The summed E-state index contributed by atoms with van der Waals surface area (Å²) in [5.74, 6) is -2.12. The summed E-state index contributed by atoms with van der Waals surface area (Å²) in [6.45, 7) is -0.151. The number of aromatic hydroxyl groups is 2. The molecule has 4 aromatic rings. The number of carboxylic acids is 1. The first-order valence-electron chi connectivity index (χ1n) is 10.6. The highest BCUT2D eigenvalue weighted by Gasteiger charge is 2.17. The van der Waals surface area contributed by atoms with Gasteiger partial charge in [-0.15, -0.1) is 0 Å². The molecule has 4 rings (SSSR count). The molecule has 0 heterocycles. The monoisotopic (exact) mass is 508 g/mol. The molecule has 0 saturated heterocycles. The lowest BCUT2D eigenvalue weighted by Crippen LogP contribution is -2.06. The normalized spacial score (nSPS) is 11.4. The number of fused-ring (bicyclic) bond motifs is 1. The maximum Gasteiger partial charge on any atom is 0.338 e. The van der Waals surface area contributed by atoms with Crippen molar-refractivity contribution < 1.29 is 42.6 Å². The third-order valence-corrected chi connectivity index (χ3v) is 6.47. The minimum atomic E-state index is -4.32. The summed E-state index contributed by atoms with van der Waals surface area (Å²) < 4.78 is 36.6. The smallest absolute Gasteiger partial charge is 0.338 e. The van der Waals surface area contributed by atoms with E-state index in [1.165, 1.54) is 54.6 Å². The van der Waals surface area contributed by atoms with Gasteiger partial charge in [0.15, 0.2) is 0 Å². The minimum Gasteiger partial charge on any atom is -0.507 e. The van der Waals surface area contributed by atoms with Crippen LogP contribution >= 0.6 is 0 Å². The number of phenols is 2. The van der Waals surface area contributed by atoms with Gasteiger partial charge in [-0.1, -0.05) is 30.3 Å². The summed E-state index contributed by atoms with van der Waals surface area (Å²) in [5, 5.41) is 31.2. The van der Waals surface area contributed by atoms with Crippen molar-refractivity contribution in [2.75, 3.05) is 0 Å². The number of phenolic OH excluding ortho intramolecular Hbond substituents is 2. The molecule has 0 aliphatic rings. The molecule has 10 heteroatoms. The van der Waals surface area contributed by atoms with Crippen LogP contribution in [0.5, 0.6) is 11.5 Å². The van der Waals surface area contributed by atoms with E-state index in [2.05, 4.69) is 0 Å². The third kappa shape index (κ3) is 5.29. The molecule has 0 saturated carbocycles. The van der Waals surface area contributed by atoms with Gasteiger partial charge in [-0.2, -0.15) is 8.42 Å². The molecule has 0 aliphatic carbocycles. The summed E-state index contributed by atoms with van der Waals surface area (Å²) in [5.41, 5.74) is 1.65. The average molecular weight is 509 g/mol. The molecule has 184 valence electrons. The molecular formula is C26H20O9S. The van der Waals surface area contributed by atoms with E-state index >= 15 is 0 Å². The lowest BCUT2D eigenvalue weighted by atomic mass is 9.97. The summed E-state index contributed by atoms with van der Waals surface area (Å²) in [6.07, 6.45) is 0.127. The number of hydrogen-bond acceptors (Lipinski definition) is 7. The predicted octanol–water partition coefficient (Wildman–Crippen LogP) is 4.14. The van der Waals surface area contributed by atoms with Crippen LogP contribution in [0.4, 0.5) is 0 Å². The summed E-state index contributed by atoms with van der Waals surface area (Å²) in [6, 6.07) is 17.1. The van der Waals surface area contributed by atoms with Gasteiger partial charge in [0.25, 0.3) is 10.1 Å². The van der Waals surface area contributed by atoms with Crippen molar-refractivity contribution in [3.8, 4) is 11.5 Å². The molecular weight excluding hydrogens is 488 g/mol. The highest BCUT2D eigenvalue weighted by molar-refractivity contribution is 7.85. The fourth-order valence-corrected chi connectivity index (χ4v) is 4.15. The molecule has 9 nitrogen and oxygen atoms in total. The van der Waals surface area contributed by atoms with E-state index < -0.39 is 22.1 Å². The lowest BCUT2D eigenvalue weighted by molar-refractivity contribution is 0.0472. The number of aromatic carboxylic acids is 1. The molecule has 0 unspecified atom stereocenters. The van der Waals surface area contributed by atoms with Crippen LogP contribution in [0.15, 0.2) is 77.7 Å². The van der Waals surface area contributed by atoms with Gasteiger partial charge in [-0.3, -0.25) is 4.55 Å². The predicted molar refractivity (Wildman–Crippen MR) is 129 cm³/mol. The Bertz CT molecular complexity index is 1570. The van der Waals surface area contributed by atoms with Crippen LogP contribution in [0.1, 0.15) is 37.4 Å². The quantitative estimate of drug-likeness (QED) is 0.213. The Morgan fingerprint density at radius 1 is 0.806 bits per heavy atom. The van der Waals surface area contributed by atoms with Crippen LogP contribution < -0.4 is 0 Å². The van der Waals surface area contributed by atoms with E-state index in [4.69, 9.17) is 14.4 Å². The van der Waals surface area contributed by atoms with Crippen LogP contribution in [-0.4, -0.2) is 40.2 Å². The van der Waals surface area contributed by atoms with Gasteiger partial charge in [0.2, 0.25) is 0 Å². The van der Waals surface area contributed by atoms with Gasteiger partial charge in [0.05, 0.1) is 16.0 Å². The molecule has 4 N–H and O–H groups in total. The van der Waals surface area contributed by atoms with E-state index in [0.717, 1.165) is 0 Å². The molecule has 0 radical (unpaired) electrons. The van der Waals surface area contributed by atoms with Crippen molar-refractivity contribution >= 4 is 32.8 Å². The Morgan fingerprint density at radius 2 is 1.42 bits per heavy atom. The molecule has 0 atom stereocenters. The topological polar surface area (TPSA) is 158 Å². The van der Waals surface area contributed by atoms with Gasteiger partial charge in [-0.25, -0.2) is 9.59 Å². The van der Waals surface area contributed by atoms with Crippen molar-refractivity contribution in [1.29, 1.82) is 0 Å². The first-order valence-corrected chi connectivity index (χ1v) is 12.0. The van der Waals surface area contributed by atoms with Gasteiger partial charge in [0.1, 0.15) is 18.1 Å². The molecule has 0 amide bonds. The molecule has 4 aromatic carbocycles. The SMILES string of the molecule is O=C(O)c1ccc(Cc2c(O)cc3ccc(C(=O)OCc4ccc(S(=O)(=O)O)cc4)cc3c2O)cc1. The maximum atomic E-state index is 12.6. The molecule has 0 bridgehead atoms. The largest absolute Gasteiger partial charge is 0.507 e. The number of benzene rings is 4. The zero-order chi connectivity index (χ0) is 26.0. The average Bonchev–Trinajstić information content (AvgIpc) is 2.85. The van der Waals surface area contributed by atoms with Crippen LogP contribution in [0.25, 0.3) is 10.8 Å². The number of carbonyl (C=O) groups is 2. The minimum absolute atomic E-state index is 0.114. The number of carbonyl (C=O) groups excluding carboxylic acids is 1. The van der Waals surface area contributed by atoms with E-state index in [0.29, 0.717) is 21.9 Å². The van der Waals surface area contributed by atoms with E-state index in [1.807, 2.05) is 0 Å². The van der Waals surface area contributed by atoms with Crippen LogP contribution in [0.3, 0.4) is 0 Å². The lowest BCUT2D eigenvalue weighted by Gasteiger charge is -2.12. The Hall–Kier alpha value is -4.41. The zero-order valence-electron chi connectivity index (χ0n) is 18.6. The van der Waals surface area contributed by atoms with Crippen LogP contribution in [0.2, 0.25) is 0 Å². The Morgan fingerprint density at radius 3 is 2.03 bits per heavy atom. The number of carboxylic acid groups (broad SMARTS) is 1.